The summed E-state index contributed by atoms with van der Waals surface area (Å²) >= 11 is 0. The lowest BCUT2D eigenvalue weighted by Gasteiger charge is -2.37. The summed E-state index contributed by atoms with van der Waals surface area (Å²) in [4.78, 5) is 39.7. The largest absolute Gasteiger partial charge is 0.467 e. The molecule has 1 aliphatic rings. The zero-order valence-electron chi connectivity index (χ0n) is 13.8. The van der Waals surface area contributed by atoms with Crippen molar-refractivity contribution in [2.24, 2.45) is 5.41 Å². The van der Waals surface area contributed by atoms with E-state index < -0.39 is 5.41 Å². The first-order chi connectivity index (χ1) is 10.8. The normalized spacial score (nSPS) is 15.4. The third-order valence-corrected chi connectivity index (χ3v) is 4.12. The molecular formula is C16H23N3O4. The van der Waals surface area contributed by atoms with Crippen molar-refractivity contribution in [3.8, 4) is 0 Å². The topological polar surface area (TPSA) is 82.9 Å². The van der Waals surface area contributed by atoms with Crippen LogP contribution in [0.15, 0.2) is 22.8 Å². The summed E-state index contributed by atoms with van der Waals surface area (Å²) in [6, 6.07) is 3.50. The number of amides is 3. The Morgan fingerprint density at radius 2 is 1.78 bits per heavy atom. The van der Waals surface area contributed by atoms with Crippen molar-refractivity contribution in [1.82, 2.24) is 15.1 Å². The number of rotatable bonds is 4. The van der Waals surface area contributed by atoms with E-state index in [1.807, 2.05) is 0 Å². The Morgan fingerprint density at radius 3 is 2.30 bits per heavy atom. The Hall–Kier alpha value is -2.31. The number of carbonyl (C=O) groups is 3. The number of furan rings is 1. The van der Waals surface area contributed by atoms with Gasteiger partial charge in [0.15, 0.2) is 0 Å². The van der Waals surface area contributed by atoms with Crippen molar-refractivity contribution in [3.05, 3.63) is 24.2 Å². The number of nitrogens with one attached hydrogen (secondary N) is 1. The Balaban J connectivity index is 1.91. The van der Waals surface area contributed by atoms with E-state index in [0.29, 0.717) is 31.9 Å². The third kappa shape index (κ3) is 3.91. The first-order valence-electron chi connectivity index (χ1n) is 7.68. The van der Waals surface area contributed by atoms with Crippen molar-refractivity contribution < 1.29 is 18.8 Å². The lowest BCUT2D eigenvalue weighted by atomic mass is 9.90. The van der Waals surface area contributed by atoms with Gasteiger partial charge in [-0.2, -0.15) is 0 Å². The molecule has 1 saturated heterocycles. The maximum Gasteiger partial charge on any atom is 0.237 e. The van der Waals surface area contributed by atoms with Gasteiger partial charge in [0.05, 0.1) is 12.8 Å². The predicted octanol–water partition coefficient (Wildman–Crippen LogP) is 0.613. The fourth-order valence-electron chi connectivity index (χ4n) is 2.52. The summed E-state index contributed by atoms with van der Waals surface area (Å²) in [5, 5.41) is 2.73. The Labute approximate surface area is 135 Å². The molecule has 1 N–H and O–H groups in total. The van der Waals surface area contributed by atoms with Gasteiger partial charge in [0.1, 0.15) is 11.2 Å². The van der Waals surface area contributed by atoms with Crippen LogP contribution in [0.1, 0.15) is 26.5 Å². The van der Waals surface area contributed by atoms with Crippen LogP contribution in [-0.4, -0.2) is 53.7 Å². The highest BCUT2D eigenvalue weighted by Gasteiger charge is 2.40. The van der Waals surface area contributed by atoms with Crippen molar-refractivity contribution in [1.29, 1.82) is 0 Å². The molecule has 3 amide bonds. The van der Waals surface area contributed by atoms with Gasteiger partial charge in [-0.25, -0.2) is 0 Å². The highest BCUT2D eigenvalue weighted by molar-refractivity contribution is 6.04. The van der Waals surface area contributed by atoms with E-state index in [4.69, 9.17) is 4.42 Å². The van der Waals surface area contributed by atoms with Crippen molar-refractivity contribution in [3.63, 3.8) is 0 Å². The van der Waals surface area contributed by atoms with Crippen LogP contribution in [0.5, 0.6) is 0 Å². The van der Waals surface area contributed by atoms with Crippen molar-refractivity contribution in [2.75, 3.05) is 26.2 Å². The van der Waals surface area contributed by atoms with Crippen molar-refractivity contribution in [2.45, 2.75) is 27.3 Å². The molecule has 0 aromatic carbocycles. The third-order valence-electron chi connectivity index (χ3n) is 4.12. The van der Waals surface area contributed by atoms with Gasteiger partial charge in [-0.15, -0.1) is 0 Å². The zero-order chi connectivity index (χ0) is 17.0. The SMILES string of the molecule is CC(=O)N1CCN(C(=O)C(C)(C)C(=O)NCc2ccco2)CC1. The molecule has 7 heteroatoms. The molecule has 2 heterocycles. The second-order valence-corrected chi connectivity index (χ2v) is 6.19. The van der Waals surface area contributed by atoms with E-state index >= 15 is 0 Å². The number of hydrogen-bond acceptors (Lipinski definition) is 4. The molecule has 1 aromatic heterocycles. The molecule has 0 radical (unpaired) electrons. The van der Waals surface area contributed by atoms with Crippen LogP contribution in [0.25, 0.3) is 0 Å². The van der Waals surface area contributed by atoms with Gasteiger partial charge in [-0.05, 0) is 26.0 Å². The molecule has 0 aliphatic carbocycles. The summed E-state index contributed by atoms with van der Waals surface area (Å²) in [5.41, 5.74) is -1.16. The lowest BCUT2D eigenvalue weighted by molar-refractivity contribution is -0.151. The highest BCUT2D eigenvalue weighted by Crippen LogP contribution is 2.21. The van der Waals surface area contributed by atoms with Crippen molar-refractivity contribution >= 4 is 17.7 Å². The average Bonchev–Trinajstić information content (AvgIpc) is 3.05. The van der Waals surface area contributed by atoms with Crippen LogP contribution in [0.2, 0.25) is 0 Å². The molecule has 2 rings (SSSR count). The molecular weight excluding hydrogens is 298 g/mol. The molecule has 0 spiro atoms. The number of piperazine rings is 1. The molecule has 0 saturated carbocycles. The standard InChI is InChI=1S/C16H23N3O4/c1-12(20)18-6-8-19(9-7-18)15(22)16(2,3)14(21)17-11-13-5-4-10-23-13/h4-5,10H,6-9,11H2,1-3H3,(H,17,21). The van der Waals surface area contributed by atoms with E-state index in [9.17, 15) is 14.4 Å². The van der Waals surface area contributed by atoms with Gasteiger partial charge in [0.2, 0.25) is 17.7 Å². The van der Waals surface area contributed by atoms with Crippen LogP contribution in [0, 0.1) is 5.41 Å². The molecule has 126 valence electrons. The Kier molecular flexibility index (Phi) is 5.08. The molecule has 1 aromatic rings. The number of carbonyl (C=O) groups excluding carboxylic acids is 3. The van der Waals surface area contributed by atoms with Gasteiger partial charge in [-0.3, -0.25) is 14.4 Å². The van der Waals surface area contributed by atoms with Crippen LogP contribution in [0.3, 0.4) is 0 Å². The molecule has 0 unspecified atom stereocenters. The predicted molar refractivity (Wildman–Crippen MR) is 83.2 cm³/mol. The second-order valence-electron chi connectivity index (χ2n) is 6.19. The van der Waals surface area contributed by atoms with Crippen LogP contribution in [0.4, 0.5) is 0 Å². The smallest absolute Gasteiger partial charge is 0.237 e. The maximum absolute atomic E-state index is 12.6. The minimum Gasteiger partial charge on any atom is -0.467 e. The lowest BCUT2D eigenvalue weighted by Crippen LogP contribution is -2.56. The van der Waals surface area contributed by atoms with Gasteiger partial charge in [-0.1, -0.05) is 0 Å². The second kappa shape index (κ2) is 6.85. The van der Waals surface area contributed by atoms with E-state index in [2.05, 4.69) is 5.32 Å². The molecule has 7 nitrogen and oxygen atoms in total. The fourth-order valence-corrected chi connectivity index (χ4v) is 2.52. The molecule has 1 fully saturated rings. The zero-order valence-corrected chi connectivity index (χ0v) is 13.8. The summed E-state index contributed by atoms with van der Waals surface area (Å²) < 4.78 is 5.16. The van der Waals surface area contributed by atoms with E-state index in [1.54, 1.807) is 35.8 Å². The minimum absolute atomic E-state index is 0.00699. The molecule has 1 aliphatic heterocycles. The monoisotopic (exact) mass is 321 g/mol. The summed E-state index contributed by atoms with van der Waals surface area (Å²) in [6.45, 7) is 6.91. The number of nitrogens with zero attached hydrogens (tertiary/aromatic N) is 2. The molecule has 0 bridgehead atoms. The van der Waals surface area contributed by atoms with E-state index in [-0.39, 0.29) is 24.3 Å². The van der Waals surface area contributed by atoms with Crippen LogP contribution < -0.4 is 5.32 Å². The number of hydrogen-bond donors (Lipinski definition) is 1. The molecule has 0 atom stereocenters. The maximum atomic E-state index is 12.6. The van der Waals surface area contributed by atoms with Gasteiger partial charge < -0.3 is 19.5 Å². The first-order valence-corrected chi connectivity index (χ1v) is 7.68. The average molecular weight is 321 g/mol. The first kappa shape index (κ1) is 17.1. The Bertz CT molecular complexity index is 572. The fraction of sp³-hybridized carbons (Fsp3) is 0.562. The van der Waals surface area contributed by atoms with Crippen LogP contribution >= 0.6 is 0 Å². The quantitative estimate of drug-likeness (QED) is 0.824. The minimum atomic E-state index is -1.16. The van der Waals surface area contributed by atoms with Gasteiger partial charge in [0, 0.05) is 33.1 Å². The van der Waals surface area contributed by atoms with E-state index in [1.165, 1.54) is 13.2 Å². The Morgan fingerprint density at radius 1 is 1.17 bits per heavy atom. The molecule has 23 heavy (non-hydrogen) atoms. The van der Waals surface area contributed by atoms with Gasteiger partial charge in [0.25, 0.3) is 0 Å². The summed E-state index contributed by atoms with van der Waals surface area (Å²) in [6.07, 6.45) is 1.53. The van der Waals surface area contributed by atoms with Crippen LogP contribution in [-0.2, 0) is 20.9 Å². The highest BCUT2D eigenvalue weighted by atomic mass is 16.3. The summed E-state index contributed by atoms with van der Waals surface area (Å²) in [7, 11) is 0. The van der Waals surface area contributed by atoms with Gasteiger partial charge >= 0.3 is 0 Å². The van der Waals surface area contributed by atoms with E-state index in [0.717, 1.165) is 0 Å². The summed E-state index contributed by atoms with van der Waals surface area (Å²) in [5.74, 6) is 0.0785.